The Morgan fingerprint density at radius 1 is 0.861 bits per heavy atom. The van der Waals surface area contributed by atoms with Crippen LogP contribution in [-0.4, -0.2) is 5.78 Å². The lowest BCUT2D eigenvalue weighted by atomic mass is 9.43. The number of benzene rings is 1. The lowest BCUT2D eigenvalue weighted by Crippen LogP contribution is -2.56. The summed E-state index contributed by atoms with van der Waals surface area (Å²) < 4.78 is 1.28. The molecule has 0 bridgehead atoms. The van der Waals surface area contributed by atoms with Gasteiger partial charge in [0.1, 0.15) is 5.78 Å². The lowest BCUT2D eigenvalue weighted by molar-refractivity contribution is -0.152. The van der Waals surface area contributed by atoms with Gasteiger partial charge in [-0.1, -0.05) is 66.0 Å². The van der Waals surface area contributed by atoms with Crippen molar-refractivity contribution in [3.8, 4) is 0 Å². The molecule has 2 heteroatoms. The van der Waals surface area contributed by atoms with Crippen LogP contribution in [0.25, 0.3) is 0 Å². The van der Waals surface area contributed by atoms with Crippen molar-refractivity contribution in [3.63, 3.8) is 0 Å². The van der Waals surface area contributed by atoms with Gasteiger partial charge in [0.25, 0.3) is 0 Å². The number of ketones is 1. The van der Waals surface area contributed by atoms with E-state index in [9.17, 15) is 4.79 Å². The summed E-state index contributed by atoms with van der Waals surface area (Å²) in [6.45, 7) is 12.7. The van der Waals surface area contributed by atoms with Gasteiger partial charge in [0.05, 0.1) is 0 Å². The number of halogens is 1. The molecule has 36 heavy (non-hydrogen) atoms. The van der Waals surface area contributed by atoms with Gasteiger partial charge in [-0.25, -0.2) is 0 Å². The fourth-order valence-electron chi connectivity index (χ4n) is 10.5. The van der Waals surface area contributed by atoms with Crippen molar-refractivity contribution in [2.45, 2.75) is 112 Å². The second-order valence-corrected chi connectivity index (χ2v) is 15.7. The molecule has 4 aliphatic rings. The second kappa shape index (κ2) is 10.6. The monoisotopic (exact) mass is 602 g/mol. The number of hydrogen-bond acceptors (Lipinski definition) is 1. The maximum Gasteiger partial charge on any atom is 0.136 e. The summed E-state index contributed by atoms with van der Waals surface area (Å²) in [5.74, 6) is 6.74. The molecule has 1 aromatic rings. The van der Waals surface area contributed by atoms with E-state index in [0.717, 1.165) is 54.8 Å². The van der Waals surface area contributed by atoms with Crippen LogP contribution in [-0.2, 0) is 11.2 Å². The molecular formula is C34H51IO. The standard InChI is InChI=1S/C34H51IO/c1-22(2)7-6-8-23(3)28-15-16-29-26-13-14-30-27(21-24-9-11-25(35)12-10-24)32(36)18-20-34(30,5)31(26)17-19-33(28,29)4/h9-12,22-23,26-31H,6-8,13-21H2,1-5H3/t23-,26+,27+,28-,29+,30?,31+,33-,34+/m1/s1. The minimum atomic E-state index is 0.246. The SMILES string of the molecule is CC(C)CCC[C@@H](C)[C@H]1CC[C@H]2[C@@H]3CCC4[C@H](Cc5ccc(I)cc5)C(=O)CC[C@]4(C)[C@H]3CC[C@]12C. The first-order valence-corrected chi connectivity index (χ1v) is 16.5. The van der Waals surface area contributed by atoms with E-state index in [1.54, 1.807) is 0 Å². The van der Waals surface area contributed by atoms with Crippen molar-refractivity contribution in [2.24, 2.45) is 58.2 Å². The normalized spacial score (nSPS) is 41.0. The molecule has 0 radical (unpaired) electrons. The summed E-state index contributed by atoms with van der Waals surface area (Å²) in [5.41, 5.74) is 2.29. The third kappa shape index (κ3) is 4.88. The molecule has 1 aromatic carbocycles. The molecular weight excluding hydrogens is 551 g/mol. The highest BCUT2D eigenvalue weighted by Gasteiger charge is 2.61. The Morgan fingerprint density at radius 3 is 2.28 bits per heavy atom. The minimum absolute atomic E-state index is 0.246. The third-order valence-corrected chi connectivity index (χ3v) is 13.0. The highest BCUT2D eigenvalue weighted by molar-refractivity contribution is 14.1. The van der Waals surface area contributed by atoms with Crippen molar-refractivity contribution in [2.75, 3.05) is 0 Å². The molecule has 0 aromatic heterocycles. The number of rotatable bonds is 7. The predicted molar refractivity (Wildman–Crippen MR) is 160 cm³/mol. The Hall–Kier alpha value is -0.380. The quantitative estimate of drug-likeness (QED) is 0.284. The summed E-state index contributed by atoms with van der Waals surface area (Å²) in [7, 11) is 0. The summed E-state index contributed by atoms with van der Waals surface area (Å²) in [4.78, 5) is 13.3. The number of hydrogen-bond donors (Lipinski definition) is 0. The van der Waals surface area contributed by atoms with Crippen LogP contribution in [0.2, 0.25) is 0 Å². The number of carbonyl (C=O) groups excluding carboxylic acids is 1. The summed E-state index contributed by atoms with van der Waals surface area (Å²) in [5, 5.41) is 0. The first-order valence-electron chi connectivity index (χ1n) is 15.4. The second-order valence-electron chi connectivity index (χ2n) is 14.5. The van der Waals surface area contributed by atoms with Crippen molar-refractivity contribution in [3.05, 3.63) is 33.4 Å². The number of Topliss-reactive ketones (excluding diaryl/α,β-unsaturated/α-hetero) is 1. The van der Waals surface area contributed by atoms with E-state index in [-0.39, 0.29) is 5.92 Å². The molecule has 200 valence electrons. The van der Waals surface area contributed by atoms with Crippen LogP contribution >= 0.6 is 22.6 Å². The fraction of sp³-hybridized carbons (Fsp3) is 0.794. The Morgan fingerprint density at radius 2 is 1.56 bits per heavy atom. The fourth-order valence-corrected chi connectivity index (χ4v) is 10.8. The number of carbonyl (C=O) groups is 1. The third-order valence-electron chi connectivity index (χ3n) is 12.3. The highest BCUT2D eigenvalue weighted by Crippen LogP contribution is 2.68. The molecule has 4 saturated carbocycles. The molecule has 0 amide bonds. The van der Waals surface area contributed by atoms with E-state index in [1.807, 2.05) is 0 Å². The molecule has 0 aliphatic heterocycles. The van der Waals surface area contributed by atoms with Crippen LogP contribution < -0.4 is 0 Å². The zero-order chi connectivity index (χ0) is 25.7. The summed E-state index contributed by atoms with van der Waals surface area (Å²) in [6, 6.07) is 8.95. The van der Waals surface area contributed by atoms with Crippen LogP contribution in [0.1, 0.15) is 111 Å². The molecule has 0 saturated heterocycles. The van der Waals surface area contributed by atoms with Crippen molar-refractivity contribution >= 4 is 28.4 Å². The van der Waals surface area contributed by atoms with Crippen molar-refractivity contribution in [1.82, 2.24) is 0 Å². The molecule has 5 rings (SSSR count). The van der Waals surface area contributed by atoms with Crippen molar-refractivity contribution < 1.29 is 4.79 Å². The Kier molecular flexibility index (Phi) is 8.04. The van der Waals surface area contributed by atoms with Gasteiger partial charge in [0.2, 0.25) is 0 Å². The average Bonchev–Trinajstić information content (AvgIpc) is 3.19. The lowest BCUT2D eigenvalue weighted by Gasteiger charge is -2.62. The van der Waals surface area contributed by atoms with Gasteiger partial charge in [0, 0.05) is 15.9 Å². The van der Waals surface area contributed by atoms with E-state index < -0.39 is 0 Å². The van der Waals surface area contributed by atoms with Gasteiger partial charge in [-0.2, -0.15) is 0 Å². The molecule has 1 unspecified atom stereocenters. The van der Waals surface area contributed by atoms with Gasteiger partial charge in [-0.3, -0.25) is 4.79 Å². The summed E-state index contributed by atoms with van der Waals surface area (Å²) in [6.07, 6.45) is 15.7. The molecule has 4 fully saturated rings. The molecule has 0 N–H and O–H groups in total. The topological polar surface area (TPSA) is 17.1 Å². The molecule has 4 aliphatic carbocycles. The maximum atomic E-state index is 13.3. The van der Waals surface area contributed by atoms with Crippen LogP contribution in [0.15, 0.2) is 24.3 Å². The average molecular weight is 603 g/mol. The van der Waals surface area contributed by atoms with E-state index in [0.29, 0.717) is 22.5 Å². The molecule has 1 nitrogen and oxygen atoms in total. The van der Waals surface area contributed by atoms with Crippen LogP contribution in [0.4, 0.5) is 0 Å². The van der Waals surface area contributed by atoms with Gasteiger partial charge >= 0.3 is 0 Å². The molecule has 9 atom stereocenters. The Bertz CT molecular complexity index is 920. The Labute approximate surface area is 235 Å². The van der Waals surface area contributed by atoms with E-state index >= 15 is 0 Å². The smallest absolute Gasteiger partial charge is 0.136 e. The Balaban J connectivity index is 1.31. The van der Waals surface area contributed by atoms with Crippen LogP contribution in [0, 0.1) is 61.7 Å². The minimum Gasteiger partial charge on any atom is -0.299 e. The first kappa shape index (κ1) is 27.2. The largest absolute Gasteiger partial charge is 0.299 e. The molecule has 0 spiro atoms. The number of fused-ring (bicyclic) bond motifs is 5. The zero-order valence-corrected chi connectivity index (χ0v) is 25.9. The van der Waals surface area contributed by atoms with Crippen LogP contribution in [0.3, 0.4) is 0 Å². The predicted octanol–water partition coefficient (Wildman–Crippen LogP) is 9.75. The van der Waals surface area contributed by atoms with E-state index in [2.05, 4.69) is 81.5 Å². The van der Waals surface area contributed by atoms with E-state index in [4.69, 9.17) is 0 Å². The first-order chi connectivity index (χ1) is 17.1. The van der Waals surface area contributed by atoms with Crippen LogP contribution in [0.5, 0.6) is 0 Å². The van der Waals surface area contributed by atoms with Gasteiger partial charge in [-0.15, -0.1) is 0 Å². The van der Waals surface area contributed by atoms with Gasteiger partial charge in [0.15, 0.2) is 0 Å². The zero-order valence-electron chi connectivity index (χ0n) is 23.7. The highest BCUT2D eigenvalue weighted by atomic mass is 127. The summed E-state index contributed by atoms with van der Waals surface area (Å²) >= 11 is 2.38. The molecule has 0 heterocycles. The van der Waals surface area contributed by atoms with Crippen molar-refractivity contribution in [1.29, 1.82) is 0 Å². The van der Waals surface area contributed by atoms with Gasteiger partial charge in [-0.05, 0) is 144 Å². The van der Waals surface area contributed by atoms with E-state index in [1.165, 1.54) is 66.9 Å². The maximum absolute atomic E-state index is 13.3. The van der Waals surface area contributed by atoms with Gasteiger partial charge < -0.3 is 0 Å².